The first-order valence-electron chi connectivity index (χ1n) is 7.55. The Morgan fingerprint density at radius 2 is 2.24 bits per heavy atom. The Hall–Kier alpha value is -1.88. The van der Waals surface area contributed by atoms with Gasteiger partial charge in [0.15, 0.2) is 0 Å². The predicted molar refractivity (Wildman–Crippen MR) is 82.1 cm³/mol. The number of nitrogens with zero attached hydrogens (tertiary/aromatic N) is 2. The lowest BCUT2D eigenvalue weighted by Crippen LogP contribution is -2.43. The normalized spacial score (nSPS) is 17.8. The van der Waals surface area contributed by atoms with E-state index in [2.05, 4.69) is 22.5 Å². The molecule has 1 fully saturated rings. The topological polar surface area (TPSA) is 58.4 Å². The van der Waals surface area contributed by atoms with Gasteiger partial charge in [0.2, 0.25) is 5.91 Å². The second kappa shape index (κ2) is 5.85. The van der Waals surface area contributed by atoms with Crippen molar-refractivity contribution < 1.29 is 4.79 Å². The zero-order valence-corrected chi connectivity index (χ0v) is 12.4. The number of nitrogens with one attached hydrogen (secondary N) is 2. The highest BCUT2D eigenvalue weighted by molar-refractivity contribution is 5.78. The van der Waals surface area contributed by atoms with Gasteiger partial charge in [-0.3, -0.25) is 4.79 Å². The first-order valence-corrected chi connectivity index (χ1v) is 7.55. The maximum atomic E-state index is 12.1. The minimum absolute atomic E-state index is 0.0539. The minimum atomic E-state index is 0.0539. The van der Waals surface area contributed by atoms with Gasteiger partial charge in [-0.25, -0.2) is 4.98 Å². The lowest BCUT2D eigenvalue weighted by Gasteiger charge is -2.34. The Kier molecular flexibility index (Phi) is 3.92. The Bertz CT molecular complexity index is 595. The van der Waals surface area contributed by atoms with Crippen molar-refractivity contribution in [3.8, 4) is 0 Å². The van der Waals surface area contributed by atoms with E-state index < -0.39 is 0 Å². The van der Waals surface area contributed by atoms with Crippen LogP contribution >= 0.6 is 0 Å². The molecule has 5 nitrogen and oxygen atoms in total. The highest BCUT2D eigenvalue weighted by Gasteiger charge is 2.27. The predicted octanol–water partition coefficient (Wildman–Crippen LogP) is 1.38. The van der Waals surface area contributed by atoms with E-state index in [1.54, 1.807) is 0 Å². The molecule has 21 heavy (non-hydrogen) atoms. The monoisotopic (exact) mass is 286 g/mol. The first kappa shape index (κ1) is 14.1. The minimum Gasteiger partial charge on any atom is -0.355 e. The van der Waals surface area contributed by atoms with Crippen molar-refractivity contribution in [2.24, 2.45) is 5.41 Å². The molecular weight excluding hydrogens is 264 g/mol. The molecule has 5 heteroatoms. The molecule has 0 radical (unpaired) electrons. The molecule has 1 aliphatic heterocycles. The highest BCUT2D eigenvalue weighted by Crippen LogP contribution is 2.26. The van der Waals surface area contributed by atoms with Crippen LogP contribution in [-0.4, -0.2) is 34.9 Å². The summed E-state index contributed by atoms with van der Waals surface area (Å²) in [5.74, 6) is 0.0539. The molecule has 1 amide bonds. The van der Waals surface area contributed by atoms with Crippen molar-refractivity contribution >= 4 is 11.6 Å². The number of amides is 1. The molecular formula is C16H22N4O. The molecule has 1 saturated heterocycles. The molecule has 2 aromatic rings. The summed E-state index contributed by atoms with van der Waals surface area (Å²) < 4.78 is 1.94. The molecule has 0 bridgehead atoms. The van der Waals surface area contributed by atoms with Crippen molar-refractivity contribution in [2.45, 2.75) is 26.2 Å². The fourth-order valence-corrected chi connectivity index (χ4v) is 2.82. The number of piperidine rings is 1. The van der Waals surface area contributed by atoms with E-state index >= 15 is 0 Å². The number of hydrogen-bond acceptors (Lipinski definition) is 3. The average Bonchev–Trinajstić information content (AvgIpc) is 2.88. The van der Waals surface area contributed by atoms with Crippen LogP contribution in [0.5, 0.6) is 0 Å². The summed E-state index contributed by atoms with van der Waals surface area (Å²) in [4.78, 5) is 16.6. The van der Waals surface area contributed by atoms with Crippen LogP contribution in [-0.2, 0) is 11.2 Å². The number of carbonyl (C=O) groups excluding carboxylic acids is 1. The maximum Gasteiger partial charge on any atom is 0.226 e. The molecule has 0 aliphatic carbocycles. The van der Waals surface area contributed by atoms with Gasteiger partial charge in [-0.1, -0.05) is 13.0 Å². The smallest absolute Gasteiger partial charge is 0.226 e. The van der Waals surface area contributed by atoms with Crippen molar-refractivity contribution in [3.05, 3.63) is 36.3 Å². The van der Waals surface area contributed by atoms with E-state index in [1.807, 2.05) is 35.0 Å². The van der Waals surface area contributed by atoms with Crippen molar-refractivity contribution in [1.29, 1.82) is 0 Å². The van der Waals surface area contributed by atoms with Crippen LogP contribution < -0.4 is 10.6 Å². The lowest BCUT2D eigenvalue weighted by atomic mass is 9.81. The summed E-state index contributed by atoms with van der Waals surface area (Å²) in [6, 6.07) is 5.85. The van der Waals surface area contributed by atoms with Crippen LogP contribution in [0.15, 0.2) is 30.6 Å². The highest BCUT2D eigenvalue weighted by atomic mass is 16.1. The second-order valence-electron chi connectivity index (χ2n) is 6.21. The van der Waals surface area contributed by atoms with Crippen molar-refractivity contribution in [2.75, 3.05) is 19.6 Å². The lowest BCUT2D eigenvalue weighted by molar-refractivity contribution is -0.121. The third-order valence-corrected chi connectivity index (χ3v) is 4.28. The van der Waals surface area contributed by atoms with Gasteiger partial charge in [-0.05, 0) is 43.5 Å². The van der Waals surface area contributed by atoms with Crippen LogP contribution in [0.1, 0.15) is 25.5 Å². The second-order valence-corrected chi connectivity index (χ2v) is 6.21. The Morgan fingerprint density at radius 3 is 3.00 bits per heavy atom. The Labute approximate surface area is 124 Å². The van der Waals surface area contributed by atoms with Gasteiger partial charge < -0.3 is 15.0 Å². The molecule has 0 spiro atoms. The molecule has 0 aromatic carbocycles. The third-order valence-electron chi connectivity index (χ3n) is 4.28. The van der Waals surface area contributed by atoms with E-state index in [0.29, 0.717) is 6.42 Å². The number of imidazole rings is 1. The number of carbonyl (C=O) groups is 1. The van der Waals surface area contributed by atoms with Crippen LogP contribution in [0.25, 0.3) is 5.65 Å². The number of aromatic nitrogens is 2. The molecule has 2 aromatic heterocycles. The molecule has 0 atom stereocenters. The average molecular weight is 286 g/mol. The van der Waals surface area contributed by atoms with Gasteiger partial charge >= 0.3 is 0 Å². The van der Waals surface area contributed by atoms with Gasteiger partial charge in [-0.2, -0.15) is 0 Å². The molecule has 0 unspecified atom stereocenters. The summed E-state index contributed by atoms with van der Waals surface area (Å²) >= 11 is 0. The standard InChI is InChI=1S/C16H22N4O/c1-16(5-7-17-8-6-16)12-18-15(21)10-13-11-20-9-3-2-4-14(20)19-13/h2-4,9,11,17H,5-8,10,12H2,1H3,(H,18,21). The molecule has 3 rings (SSSR count). The number of fused-ring (bicyclic) bond motifs is 1. The van der Waals surface area contributed by atoms with E-state index in [-0.39, 0.29) is 11.3 Å². The van der Waals surface area contributed by atoms with Crippen molar-refractivity contribution in [1.82, 2.24) is 20.0 Å². The number of rotatable bonds is 4. The first-order chi connectivity index (χ1) is 10.1. The fraction of sp³-hybridized carbons (Fsp3) is 0.500. The number of pyridine rings is 1. The van der Waals surface area contributed by atoms with Crippen LogP contribution in [0.2, 0.25) is 0 Å². The summed E-state index contributed by atoms with van der Waals surface area (Å²) in [5.41, 5.74) is 1.92. The zero-order chi connectivity index (χ0) is 14.7. The van der Waals surface area contributed by atoms with Gasteiger partial charge in [0, 0.05) is 18.9 Å². The Balaban J connectivity index is 1.56. The van der Waals surface area contributed by atoms with Gasteiger partial charge in [0.05, 0.1) is 12.1 Å². The van der Waals surface area contributed by atoms with Gasteiger partial charge in [-0.15, -0.1) is 0 Å². The molecule has 1 aliphatic rings. The SMILES string of the molecule is CC1(CNC(=O)Cc2cn3ccccc3n2)CCNCC1. The Morgan fingerprint density at radius 1 is 1.43 bits per heavy atom. The number of hydrogen-bond donors (Lipinski definition) is 2. The molecule has 0 saturated carbocycles. The van der Waals surface area contributed by atoms with E-state index in [0.717, 1.165) is 43.8 Å². The fourth-order valence-electron chi connectivity index (χ4n) is 2.82. The van der Waals surface area contributed by atoms with E-state index in [1.165, 1.54) is 0 Å². The van der Waals surface area contributed by atoms with Crippen LogP contribution in [0.4, 0.5) is 0 Å². The summed E-state index contributed by atoms with van der Waals surface area (Å²) in [5, 5.41) is 6.43. The quantitative estimate of drug-likeness (QED) is 0.893. The largest absolute Gasteiger partial charge is 0.355 e. The summed E-state index contributed by atoms with van der Waals surface area (Å²) in [6.07, 6.45) is 6.43. The third kappa shape index (κ3) is 3.42. The zero-order valence-electron chi connectivity index (χ0n) is 12.4. The van der Waals surface area contributed by atoms with Gasteiger partial charge in [0.1, 0.15) is 5.65 Å². The molecule has 112 valence electrons. The molecule has 2 N–H and O–H groups in total. The van der Waals surface area contributed by atoms with Crippen LogP contribution in [0.3, 0.4) is 0 Å². The van der Waals surface area contributed by atoms with E-state index in [4.69, 9.17) is 0 Å². The molecule has 3 heterocycles. The van der Waals surface area contributed by atoms with Gasteiger partial charge in [0.25, 0.3) is 0 Å². The summed E-state index contributed by atoms with van der Waals surface area (Å²) in [7, 11) is 0. The van der Waals surface area contributed by atoms with E-state index in [9.17, 15) is 4.79 Å². The van der Waals surface area contributed by atoms with Crippen LogP contribution in [0, 0.1) is 5.41 Å². The summed E-state index contributed by atoms with van der Waals surface area (Å²) in [6.45, 7) is 5.08. The maximum absolute atomic E-state index is 12.1. The van der Waals surface area contributed by atoms with Crippen molar-refractivity contribution in [3.63, 3.8) is 0 Å².